The molecule has 444 valence electrons. The lowest BCUT2D eigenvalue weighted by Crippen LogP contribution is -2.37. The maximum atomic E-state index is 15.7. The number of pyridine rings is 2. The second-order valence-corrected chi connectivity index (χ2v) is 24.6. The van der Waals surface area contributed by atoms with Gasteiger partial charge in [0.05, 0.1) is 28.6 Å². The Kier molecular flexibility index (Phi) is 16.9. The maximum absolute atomic E-state index is 15.7. The Labute approximate surface area is 504 Å². The molecule has 1 N–H and O–H groups in total. The van der Waals surface area contributed by atoms with E-state index in [4.69, 9.17) is 0 Å². The van der Waals surface area contributed by atoms with Gasteiger partial charge in [0, 0.05) is 50.6 Å². The third-order valence-corrected chi connectivity index (χ3v) is 18.9. The Morgan fingerprint density at radius 3 is 1.18 bits per heavy atom. The van der Waals surface area contributed by atoms with Crippen LogP contribution in [0.1, 0.15) is 190 Å². The van der Waals surface area contributed by atoms with Crippen LogP contribution in [0.15, 0.2) is 143 Å². The summed E-state index contributed by atoms with van der Waals surface area (Å²) in [7, 11) is 0. The zero-order valence-electron chi connectivity index (χ0n) is 50.6. The molecule has 0 saturated carbocycles. The molecule has 3 heterocycles. The molecule has 87 heavy (non-hydrogen) atoms. The average Bonchev–Trinajstić information content (AvgIpc) is 1.60. The summed E-state index contributed by atoms with van der Waals surface area (Å²) in [6.45, 7) is 8.62. The Balaban J connectivity index is 1.06. The van der Waals surface area contributed by atoms with Gasteiger partial charge in [-0.1, -0.05) is 191 Å². The zero-order valence-corrected chi connectivity index (χ0v) is 50.6. The van der Waals surface area contributed by atoms with Crippen molar-refractivity contribution in [2.45, 2.75) is 175 Å². The highest BCUT2D eigenvalue weighted by atomic mass is 16.4. The molecule has 0 atom stereocenters. The Morgan fingerprint density at radius 2 is 0.782 bits per heavy atom. The number of aromatic carboxylic acids is 1. The summed E-state index contributed by atoms with van der Waals surface area (Å²) in [5, 5.41) is 17.0. The first kappa shape index (κ1) is 58.7. The highest BCUT2D eigenvalue weighted by molar-refractivity contribution is 6.48. The number of unbranched alkanes of at least 4 members (excludes halogenated alkanes) is 12. The normalized spacial score (nSPS) is 12.5. The quantitative estimate of drug-likeness (QED) is 0.0219. The smallest absolute Gasteiger partial charge is 0.335 e. The molecule has 12 aromatic rings. The lowest BCUT2D eigenvalue weighted by molar-refractivity contribution is 0.0697. The van der Waals surface area contributed by atoms with Crippen molar-refractivity contribution in [2.24, 2.45) is 4.99 Å². The van der Waals surface area contributed by atoms with Crippen LogP contribution in [0.4, 0.5) is 5.69 Å². The van der Waals surface area contributed by atoms with Crippen LogP contribution in [-0.4, -0.2) is 31.0 Å². The van der Waals surface area contributed by atoms with E-state index < -0.39 is 28.2 Å². The highest BCUT2D eigenvalue weighted by Gasteiger charge is 2.32. The first-order chi connectivity index (χ1) is 42.4. The van der Waals surface area contributed by atoms with E-state index in [1.807, 2.05) is 72.8 Å². The van der Waals surface area contributed by atoms with Crippen molar-refractivity contribution in [3.63, 3.8) is 0 Å². The number of aliphatic imine (C=N–C) groups is 1. The number of hydrogen-bond donors (Lipinski definition) is 1. The van der Waals surface area contributed by atoms with Crippen LogP contribution >= 0.6 is 0 Å². The van der Waals surface area contributed by atoms with Crippen molar-refractivity contribution in [1.82, 2.24) is 13.7 Å². The molecule has 0 bridgehead atoms. The predicted octanol–water partition coefficient (Wildman–Crippen LogP) is 16.8. The van der Waals surface area contributed by atoms with Gasteiger partial charge in [0.2, 0.25) is 0 Å². The lowest BCUT2D eigenvalue weighted by atomic mass is 9.81. The van der Waals surface area contributed by atoms with E-state index in [1.54, 1.807) is 30.5 Å². The molecule has 0 spiro atoms. The third-order valence-electron chi connectivity index (χ3n) is 18.9. The van der Waals surface area contributed by atoms with E-state index in [0.29, 0.717) is 102 Å². The van der Waals surface area contributed by atoms with Crippen molar-refractivity contribution in [2.75, 3.05) is 0 Å². The van der Waals surface area contributed by atoms with Gasteiger partial charge in [-0.05, 0) is 140 Å². The molecule has 0 unspecified atom stereocenters. The van der Waals surface area contributed by atoms with Crippen molar-refractivity contribution in [1.29, 1.82) is 0 Å². The number of fused-ring (bicyclic) bond motifs is 4. The minimum Gasteiger partial charge on any atom is -0.478 e. The van der Waals surface area contributed by atoms with Crippen LogP contribution in [0.2, 0.25) is 0 Å². The number of hydrogen-bond acceptors (Lipinski definition) is 8. The SMILES string of the molecule is CCCCCCC(CCCCCC)n1c(=O)c2ccc3c4ccc5c(=O)n(C(CCCCCC)CCCCCC)c(=O)c6cc7c8c(=O)n(Cc9ccc(-c%10ccc(C=Nc%11ccc(C(=O)O)cc%11)cc%10)cc9)c(=O)c8c8cc(c1=O)c2c3c8c7c4c56. The fraction of sp³-hybridized carbons (Fsp3) is 0.360. The second-order valence-electron chi connectivity index (χ2n) is 24.6. The molecule has 0 aliphatic carbocycles. The summed E-state index contributed by atoms with van der Waals surface area (Å²) in [6.07, 6.45) is 20.5. The van der Waals surface area contributed by atoms with Gasteiger partial charge in [-0.25, -0.2) is 4.79 Å². The van der Waals surface area contributed by atoms with Crippen molar-refractivity contribution >= 4 is 104 Å². The molecular formula is C75H76N4O8. The van der Waals surface area contributed by atoms with E-state index in [-0.39, 0.29) is 46.1 Å². The first-order valence-corrected chi connectivity index (χ1v) is 32.1. The van der Waals surface area contributed by atoms with Crippen LogP contribution in [0, 0.1) is 0 Å². The second kappa shape index (κ2) is 25.0. The summed E-state index contributed by atoms with van der Waals surface area (Å²) in [5.74, 6) is -0.997. The molecule has 0 radical (unpaired) electrons. The molecule has 0 saturated heterocycles. The van der Waals surface area contributed by atoms with Gasteiger partial charge in [0.1, 0.15) is 0 Å². The topological polar surface area (TPSA) is 167 Å². The molecule has 0 amide bonds. The van der Waals surface area contributed by atoms with Gasteiger partial charge in [-0.15, -0.1) is 0 Å². The Hall–Kier alpha value is -8.64. The monoisotopic (exact) mass is 1160 g/mol. The number of carboxylic acid groups (broad SMARTS) is 1. The molecule has 0 fully saturated rings. The fourth-order valence-electron chi connectivity index (χ4n) is 14.4. The van der Waals surface area contributed by atoms with E-state index in [0.717, 1.165) is 130 Å². The zero-order chi connectivity index (χ0) is 60.6. The number of carbonyl (C=O) groups is 1. The van der Waals surface area contributed by atoms with Gasteiger partial charge >= 0.3 is 5.97 Å². The van der Waals surface area contributed by atoms with E-state index in [1.165, 1.54) is 25.8 Å². The maximum Gasteiger partial charge on any atom is 0.335 e. The summed E-state index contributed by atoms with van der Waals surface area (Å²) in [5.41, 5.74) is 1.75. The van der Waals surface area contributed by atoms with Gasteiger partial charge in [-0.2, -0.15) is 0 Å². The Bertz CT molecular complexity index is 4640. The molecule has 0 aliphatic heterocycles. The molecule has 12 heteroatoms. The molecule has 0 aliphatic rings. The average molecular weight is 1160 g/mol. The van der Waals surface area contributed by atoms with E-state index >= 15 is 28.8 Å². The summed E-state index contributed by atoms with van der Waals surface area (Å²) >= 11 is 0. The molecule has 3 aromatic heterocycles. The lowest BCUT2D eigenvalue weighted by Gasteiger charge is -2.24. The summed E-state index contributed by atoms with van der Waals surface area (Å²) in [4.78, 5) is 109. The highest BCUT2D eigenvalue weighted by Crippen LogP contribution is 2.50. The van der Waals surface area contributed by atoms with Crippen LogP contribution in [0.3, 0.4) is 0 Å². The third kappa shape index (κ3) is 10.5. The minimum absolute atomic E-state index is 0.0535. The van der Waals surface area contributed by atoms with Crippen molar-refractivity contribution in [3.8, 4) is 11.1 Å². The summed E-state index contributed by atoms with van der Waals surface area (Å²) < 4.78 is 4.29. The van der Waals surface area contributed by atoms with Gasteiger partial charge in [0.15, 0.2) is 0 Å². The van der Waals surface area contributed by atoms with Crippen LogP contribution in [0.25, 0.3) is 97.3 Å². The molecule has 12 rings (SSSR count). The van der Waals surface area contributed by atoms with Crippen molar-refractivity contribution < 1.29 is 9.90 Å². The van der Waals surface area contributed by atoms with Gasteiger partial charge in [-0.3, -0.25) is 47.5 Å². The number of benzene rings is 9. The number of rotatable bonds is 28. The van der Waals surface area contributed by atoms with Gasteiger partial charge < -0.3 is 5.11 Å². The fourth-order valence-corrected chi connectivity index (χ4v) is 14.4. The van der Waals surface area contributed by atoms with E-state index in [2.05, 4.69) is 32.7 Å². The van der Waals surface area contributed by atoms with Crippen LogP contribution in [0.5, 0.6) is 0 Å². The summed E-state index contributed by atoms with van der Waals surface area (Å²) in [6, 6.07) is 32.4. The molecule has 9 aromatic carbocycles. The Morgan fingerprint density at radius 1 is 0.402 bits per heavy atom. The van der Waals surface area contributed by atoms with Crippen molar-refractivity contribution in [3.05, 3.63) is 188 Å². The van der Waals surface area contributed by atoms with Crippen LogP contribution < -0.4 is 33.4 Å². The molecule has 12 nitrogen and oxygen atoms in total. The predicted molar refractivity (Wildman–Crippen MR) is 359 cm³/mol. The minimum atomic E-state index is -0.997. The first-order valence-electron chi connectivity index (χ1n) is 32.1. The number of carboxylic acids is 1. The number of aromatic nitrogens is 3. The standard InChI is InChI=1S/C75H76N4O8/c1-5-9-13-17-21-51(22-18-14-10-6-2)78-69(80)55-39-37-53-54-38-40-56-62-60(72(83)79(70(56)81)52(23-19-15-11-7-3)24-20-16-12-8-4)42-58-66(64(54)62)65-57(41-59(71(78)82)61(55)63(53)65)67-68(58)74(85)77(73(67)84)44-46-27-31-48(32-28-46)47-29-25-45(26-30-47)43-76-50-35-33-49(34-36-50)75(86)87/h25-43,51-52H,5-24,44H2,1-4H3,(H,86,87). The largest absolute Gasteiger partial charge is 0.478 e. The number of nitrogens with zero attached hydrogens (tertiary/aromatic N) is 4. The van der Waals surface area contributed by atoms with Crippen LogP contribution in [-0.2, 0) is 6.54 Å². The van der Waals surface area contributed by atoms with Gasteiger partial charge in [0.25, 0.3) is 33.4 Å². The molecular weight excluding hydrogens is 1080 g/mol. The van der Waals surface area contributed by atoms with E-state index in [9.17, 15) is 9.90 Å².